The molecule has 0 amide bonds. The van der Waals surface area contributed by atoms with E-state index in [1.807, 2.05) is 12.1 Å². The highest BCUT2D eigenvalue weighted by atomic mass is 32.2. The Labute approximate surface area is 159 Å². The quantitative estimate of drug-likeness (QED) is 0.809. The molecule has 2 aromatic rings. The van der Waals surface area contributed by atoms with Crippen LogP contribution in [0.3, 0.4) is 0 Å². The van der Waals surface area contributed by atoms with E-state index >= 15 is 0 Å². The zero-order chi connectivity index (χ0) is 19.8. The van der Waals surface area contributed by atoms with Crippen molar-refractivity contribution in [2.75, 3.05) is 13.2 Å². The van der Waals surface area contributed by atoms with Crippen molar-refractivity contribution in [2.45, 2.75) is 51.0 Å². The van der Waals surface area contributed by atoms with Gasteiger partial charge in [-0.3, -0.25) is 5.10 Å². The lowest BCUT2D eigenvalue weighted by Gasteiger charge is -2.26. The highest BCUT2D eigenvalue weighted by molar-refractivity contribution is 7.89. The Morgan fingerprint density at radius 1 is 1.26 bits per heavy atom. The smallest absolute Gasteiger partial charge is 0.359 e. The number of carbonyl (C=O) groups is 1. The lowest BCUT2D eigenvalue weighted by Crippen LogP contribution is -2.36. The molecule has 27 heavy (non-hydrogen) atoms. The zero-order valence-electron chi connectivity index (χ0n) is 16.1. The summed E-state index contributed by atoms with van der Waals surface area (Å²) in [5, 5.41) is 6.85. The van der Waals surface area contributed by atoms with Crippen molar-refractivity contribution in [3.05, 3.63) is 46.8 Å². The van der Waals surface area contributed by atoms with E-state index in [2.05, 4.69) is 31.0 Å². The lowest BCUT2D eigenvalue weighted by atomic mass is 9.87. The second-order valence-corrected chi connectivity index (χ2v) is 9.55. The molecule has 1 aliphatic heterocycles. The third-order valence-corrected chi connectivity index (χ3v) is 6.58. The van der Waals surface area contributed by atoms with Crippen LogP contribution in [0.4, 0.5) is 0 Å². The second-order valence-electron chi connectivity index (χ2n) is 7.61. The van der Waals surface area contributed by atoms with E-state index in [0.29, 0.717) is 18.5 Å². The number of hydrogen-bond donors (Lipinski definition) is 1. The third kappa shape index (κ3) is 3.77. The van der Waals surface area contributed by atoms with Crippen LogP contribution in [0.15, 0.2) is 29.2 Å². The van der Waals surface area contributed by atoms with Gasteiger partial charge in [-0.2, -0.15) is 9.40 Å². The Bertz CT molecular complexity index is 940. The van der Waals surface area contributed by atoms with Crippen molar-refractivity contribution >= 4 is 16.0 Å². The molecule has 0 unspecified atom stereocenters. The van der Waals surface area contributed by atoms with Crippen LogP contribution in [-0.4, -0.2) is 42.0 Å². The minimum Gasteiger partial charge on any atom is -0.461 e. The van der Waals surface area contributed by atoms with Crippen LogP contribution in [0.5, 0.6) is 0 Å². The van der Waals surface area contributed by atoms with Crippen LogP contribution in [-0.2, 0) is 33.1 Å². The number of benzene rings is 1. The molecular formula is C19H25N3O4S. The molecule has 0 spiro atoms. The standard InChI is InChI=1S/C19H25N3O4S/c1-5-26-18(23)17-15-12-22(11-10-16(15)20-21-17)27(24,25)14-8-6-13(7-9-14)19(2,3)4/h6-9H,5,10-12H2,1-4H3,(H,20,21). The number of hydrogen-bond acceptors (Lipinski definition) is 5. The fraction of sp³-hybridized carbons (Fsp3) is 0.474. The van der Waals surface area contributed by atoms with Crippen LogP contribution in [0.2, 0.25) is 0 Å². The number of aromatic nitrogens is 2. The summed E-state index contributed by atoms with van der Waals surface area (Å²) < 4.78 is 32.5. The highest BCUT2D eigenvalue weighted by Gasteiger charge is 2.33. The van der Waals surface area contributed by atoms with Gasteiger partial charge in [-0.05, 0) is 30.0 Å². The van der Waals surface area contributed by atoms with Crippen LogP contribution in [0.25, 0.3) is 0 Å². The Kier molecular flexibility index (Phi) is 5.14. The maximum Gasteiger partial charge on any atom is 0.359 e. The Morgan fingerprint density at radius 2 is 1.93 bits per heavy atom. The molecule has 146 valence electrons. The number of nitrogens with zero attached hydrogens (tertiary/aromatic N) is 2. The Balaban J connectivity index is 1.87. The average molecular weight is 391 g/mol. The van der Waals surface area contributed by atoms with Gasteiger partial charge in [0.15, 0.2) is 5.69 Å². The van der Waals surface area contributed by atoms with Crippen LogP contribution in [0.1, 0.15) is 55.0 Å². The van der Waals surface area contributed by atoms with Gasteiger partial charge in [0.1, 0.15) is 0 Å². The fourth-order valence-electron chi connectivity index (χ4n) is 3.12. The molecule has 8 heteroatoms. The Morgan fingerprint density at radius 3 is 2.52 bits per heavy atom. The van der Waals surface area contributed by atoms with E-state index in [1.165, 1.54) is 4.31 Å². The molecule has 0 bridgehead atoms. The van der Waals surface area contributed by atoms with Gasteiger partial charge < -0.3 is 4.74 Å². The highest BCUT2D eigenvalue weighted by Crippen LogP contribution is 2.28. The molecule has 0 radical (unpaired) electrons. The van der Waals surface area contributed by atoms with Crippen molar-refractivity contribution < 1.29 is 17.9 Å². The summed E-state index contributed by atoms with van der Waals surface area (Å²) in [5.41, 5.74) is 2.56. The Hall–Kier alpha value is -2.19. The van der Waals surface area contributed by atoms with Crippen LogP contribution >= 0.6 is 0 Å². The molecule has 3 rings (SSSR count). The summed E-state index contributed by atoms with van der Waals surface area (Å²) in [6.07, 6.45) is 0.473. The molecule has 0 saturated heterocycles. The van der Waals surface area contributed by atoms with Crippen molar-refractivity contribution in [3.8, 4) is 0 Å². The van der Waals surface area contributed by atoms with Gasteiger partial charge in [0.25, 0.3) is 0 Å². The van der Waals surface area contributed by atoms with E-state index < -0.39 is 16.0 Å². The predicted molar refractivity (Wildman–Crippen MR) is 101 cm³/mol. The first kappa shape index (κ1) is 19.6. The van der Waals surface area contributed by atoms with Gasteiger partial charge in [-0.15, -0.1) is 0 Å². The van der Waals surface area contributed by atoms with Crippen molar-refractivity contribution in [3.63, 3.8) is 0 Å². The summed E-state index contributed by atoms with van der Waals surface area (Å²) >= 11 is 0. The first-order chi connectivity index (χ1) is 12.6. The number of aromatic amines is 1. The van der Waals surface area contributed by atoms with E-state index in [4.69, 9.17) is 4.74 Å². The summed E-state index contributed by atoms with van der Waals surface area (Å²) in [4.78, 5) is 12.3. The maximum absolute atomic E-state index is 13.1. The van der Waals surface area contributed by atoms with Gasteiger partial charge in [0.05, 0.1) is 11.5 Å². The molecule has 0 fully saturated rings. The van der Waals surface area contributed by atoms with E-state index in [-0.39, 0.29) is 29.2 Å². The first-order valence-corrected chi connectivity index (χ1v) is 10.4. The zero-order valence-corrected chi connectivity index (χ0v) is 16.9. The monoisotopic (exact) mass is 391 g/mol. The van der Waals surface area contributed by atoms with Crippen molar-refractivity contribution in [1.82, 2.24) is 14.5 Å². The molecule has 2 heterocycles. The number of carbonyl (C=O) groups excluding carboxylic acids is 1. The van der Waals surface area contributed by atoms with E-state index in [1.54, 1.807) is 19.1 Å². The normalized spacial score (nSPS) is 15.4. The number of nitrogens with one attached hydrogen (secondary N) is 1. The number of ether oxygens (including phenoxy) is 1. The maximum atomic E-state index is 13.1. The average Bonchev–Trinajstić information content (AvgIpc) is 3.04. The summed E-state index contributed by atoms with van der Waals surface area (Å²) in [7, 11) is -3.66. The number of sulfonamides is 1. The molecule has 1 N–H and O–H groups in total. The van der Waals surface area contributed by atoms with Crippen molar-refractivity contribution in [1.29, 1.82) is 0 Å². The van der Waals surface area contributed by atoms with Crippen LogP contribution < -0.4 is 0 Å². The largest absolute Gasteiger partial charge is 0.461 e. The molecule has 1 aromatic heterocycles. The van der Waals surface area contributed by atoms with Gasteiger partial charge >= 0.3 is 5.97 Å². The SMILES string of the molecule is CCOC(=O)c1n[nH]c2c1CN(S(=O)(=O)c1ccc(C(C)(C)C)cc1)CC2. The topological polar surface area (TPSA) is 92.4 Å². The molecule has 1 aliphatic rings. The predicted octanol–water partition coefficient (Wildman–Crippen LogP) is 2.63. The van der Waals surface area contributed by atoms with Crippen LogP contribution in [0, 0.1) is 0 Å². The third-order valence-electron chi connectivity index (χ3n) is 4.73. The number of H-pyrrole nitrogens is 1. The molecular weight excluding hydrogens is 366 g/mol. The first-order valence-electron chi connectivity index (χ1n) is 8.98. The second kappa shape index (κ2) is 7.09. The molecule has 7 nitrogen and oxygen atoms in total. The molecule has 0 saturated carbocycles. The minimum atomic E-state index is -3.66. The van der Waals surface area contributed by atoms with Gasteiger partial charge in [0, 0.05) is 30.8 Å². The molecule has 0 aliphatic carbocycles. The van der Waals surface area contributed by atoms with Gasteiger partial charge in [-0.25, -0.2) is 13.2 Å². The minimum absolute atomic E-state index is 0.0480. The van der Waals surface area contributed by atoms with Crippen molar-refractivity contribution in [2.24, 2.45) is 0 Å². The lowest BCUT2D eigenvalue weighted by molar-refractivity contribution is 0.0517. The molecule has 1 aromatic carbocycles. The number of rotatable bonds is 4. The van der Waals surface area contributed by atoms with E-state index in [9.17, 15) is 13.2 Å². The summed E-state index contributed by atoms with van der Waals surface area (Å²) in [6, 6.07) is 6.99. The van der Waals surface area contributed by atoms with Gasteiger partial charge in [-0.1, -0.05) is 32.9 Å². The summed E-state index contributed by atoms with van der Waals surface area (Å²) in [5.74, 6) is -0.538. The number of fused-ring (bicyclic) bond motifs is 1. The van der Waals surface area contributed by atoms with Gasteiger partial charge in [0.2, 0.25) is 10.0 Å². The number of esters is 1. The molecule has 0 atom stereocenters. The van der Waals surface area contributed by atoms with E-state index in [0.717, 1.165) is 11.3 Å². The summed E-state index contributed by atoms with van der Waals surface area (Å²) in [6.45, 7) is 8.64. The fourth-order valence-corrected chi connectivity index (χ4v) is 4.53.